The lowest BCUT2D eigenvalue weighted by atomic mass is 10.1. The van der Waals surface area contributed by atoms with E-state index in [1.165, 1.54) is 44.9 Å². The summed E-state index contributed by atoms with van der Waals surface area (Å²) >= 11 is 0. The van der Waals surface area contributed by atoms with E-state index in [1.807, 2.05) is 0 Å². The van der Waals surface area contributed by atoms with Gasteiger partial charge in [-0.2, -0.15) is 8.42 Å². The first-order valence-electron chi connectivity index (χ1n) is 10.4. The van der Waals surface area contributed by atoms with Crippen LogP contribution in [0.3, 0.4) is 0 Å². The molecule has 0 spiro atoms. The number of hydrogen-bond acceptors (Lipinski definition) is 6. The molecule has 0 aromatic carbocycles. The van der Waals surface area contributed by atoms with Gasteiger partial charge in [-0.25, -0.2) is 4.18 Å². The maximum absolute atomic E-state index is 11.4. The Morgan fingerprint density at radius 1 is 0.852 bits per heavy atom. The van der Waals surface area contributed by atoms with E-state index in [-0.39, 0.29) is 6.42 Å². The van der Waals surface area contributed by atoms with E-state index in [2.05, 4.69) is 27.4 Å². The molecule has 27 heavy (non-hydrogen) atoms. The van der Waals surface area contributed by atoms with E-state index in [9.17, 15) is 13.2 Å². The van der Waals surface area contributed by atoms with Gasteiger partial charge in [-0.15, -0.1) is 0 Å². The van der Waals surface area contributed by atoms with Crippen molar-refractivity contribution in [3.05, 3.63) is 12.2 Å². The van der Waals surface area contributed by atoms with E-state index >= 15 is 0 Å². The first kappa shape index (κ1) is 26.1. The summed E-state index contributed by atoms with van der Waals surface area (Å²) in [6.07, 6.45) is 19.6. The Labute approximate surface area is 165 Å². The van der Waals surface area contributed by atoms with Gasteiger partial charge < -0.3 is 9.29 Å². The zero-order valence-corrected chi connectivity index (χ0v) is 17.7. The van der Waals surface area contributed by atoms with Gasteiger partial charge >= 0.3 is 16.4 Å². The second-order valence-corrected chi connectivity index (χ2v) is 7.96. The summed E-state index contributed by atoms with van der Waals surface area (Å²) in [6.45, 7) is 1.37. The molecule has 0 aliphatic rings. The van der Waals surface area contributed by atoms with Gasteiger partial charge in [-0.05, 0) is 32.1 Å². The highest BCUT2D eigenvalue weighted by atomic mass is 32.3. The first-order chi connectivity index (χ1) is 13.0. The van der Waals surface area contributed by atoms with Crippen LogP contribution in [0.15, 0.2) is 12.2 Å². The van der Waals surface area contributed by atoms with Gasteiger partial charge in [0.15, 0.2) is 0 Å². The van der Waals surface area contributed by atoms with Crippen molar-refractivity contribution in [2.24, 2.45) is 0 Å². The van der Waals surface area contributed by atoms with Crippen LogP contribution in [0.25, 0.3) is 0 Å². The molecule has 0 aliphatic heterocycles. The van der Waals surface area contributed by atoms with Crippen molar-refractivity contribution in [3.63, 3.8) is 0 Å². The van der Waals surface area contributed by atoms with Gasteiger partial charge in [-0.1, -0.05) is 70.4 Å². The second-order valence-electron chi connectivity index (χ2n) is 6.74. The minimum atomic E-state index is -4.33. The summed E-state index contributed by atoms with van der Waals surface area (Å²) in [5.41, 5.74) is 0. The lowest BCUT2D eigenvalue weighted by molar-refractivity contribution is -0.134. The fourth-order valence-electron chi connectivity index (χ4n) is 2.66. The zero-order chi connectivity index (χ0) is 20.2. The number of carbonyl (C=O) groups excluding carboxylic acids is 1. The van der Waals surface area contributed by atoms with E-state index in [1.54, 1.807) is 0 Å². The fourth-order valence-corrected chi connectivity index (χ4v) is 3.30. The fraction of sp³-hybridized carbons (Fsp3) is 0.850. The molecule has 0 rings (SSSR count). The highest BCUT2D eigenvalue weighted by molar-refractivity contribution is 7.82. The number of aliphatic hydroxyl groups is 1. The van der Waals surface area contributed by atoms with Crippen LogP contribution in [-0.2, 0) is 23.6 Å². The molecule has 0 saturated carbocycles. The molecule has 0 aliphatic carbocycles. The lowest BCUT2D eigenvalue weighted by Crippen LogP contribution is -2.17. The number of aliphatic hydroxyl groups excluding tert-OH is 1. The normalized spacial score (nSPS) is 11.9. The van der Waals surface area contributed by atoms with Crippen LogP contribution in [0.1, 0.15) is 96.8 Å². The largest absolute Gasteiger partial charge is 0.451 e. The third-order valence-corrected chi connectivity index (χ3v) is 5.00. The Balaban J connectivity index is 3.42. The van der Waals surface area contributed by atoms with Crippen molar-refractivity contribution >= 4 is 16.4 Å². The minimum Gasteiger partial charge on any atom is -0.394 e. The summed E-state index contributed by atoms with van der Waals surface area (Å²) in [5.74, 6) is -0.814. The molecular weight excluding hydrogens is 368 g/mol. The van der Waals surface area contributed by atoms with Gasteiger partial charge in [0.2, 0.25) is 0 Å². The third-order valence-electron chi connectivity index (χ3n) is 4.16. The SMILES string of the molecule is CCCCCCCC/C=C\CCCCCCCC(=O)OS(=O)(=O)OCCO. The molecule has 0 aromatic heterocycles. The average molecular weight is 407 g/mol. The van der Waals surface area contributed by atoms with Crippen molar-refractivity contribution < 1.29 is 26.7 Å². The van der Waals surface area contributed by atoms with Crippen molar-refractivity contribution in [1.82, 2.24) is 0 Å². The van der Waals surface area contributed by atoms with Crippen LogP contribution in [0.5, 0.6) is 0 Å². The van der Waals surface area contributed by atoms with Gasteiger partial charge in [-0.3, -0.25) is 4.79 Å². The lowest BCUT2D eigenvalue weighted by Gasteiger charge is -2.04. The van der Waals surface area contributed by atoms with Crippen molar-refractivity contribution in [2.75, 3.05) is 13.2 Å². The molecule has 0 fully saturated rings. The summed E-state index contributed by atoms with van der Waals surface area (Å²) in [5, 5.41) is 8.48. The average Bonchev–Trinajstić information content (AvgIpc) is 2.63. The Morgan fingerprint density at radius 2 is 1.37 bits per heavy atom. The molecule has 0 heterocycles. The maximum atomic E-state index is 11.4. The smallest absolute Gasteiger partial charge is 0.394 e. The molecule has 6 nitrogen and oxygen atoms in total. The van der Waals surface area contributed by atoms with Gasteiger partial charge in [0, 0.05) is 6.42 Å². The van der Waals surface area contributed by atoms with Gasteiger partial charge in [0.1, 0.15) is 0 Å². The highest BCUT2D eigenvalue weighted by Gasteiger charge is 2.17. The van der Waals surface area contributed by atoms with E-state index < -0.39 is 29.6 Å². The Morgan fingerprint density at radius 3 is 1.93 bits per heavy atom. The second kappa shape index (κ2) is 18.4. The van der Waals surface area contributed by atoms with Crippen molar-refractivity contribution in [2.45, 2.75) is 96.8 Å². The highest BCUT2D eigenvalue weighted by Crippen LogP contribution is 2.10. The molecule has 1 N–H and O–H groups in total. The quantitative estimate of drug-likeness (QED) is 0.244. The molecule has 0 atom stereocenters. The minimum absolute atomic E-state index is 0.0554. The predicted octanol–water partition coefficient (Wildman–Crippen LogP) is 4.82. The van der Waals surface area contributed by atoms with Crippen LogP contribution >= 0.6 is 0 Å². The van der Waals surface area contributed by atoms with Crippen molar-refractivity contribution in [1.29, 1.82) is 0 Å². The molecule has 160 valence electrons. The van der Waals surface area contributed by atoms with Crippen LogP contribution < -0.4 is 0 Å². The molecule has 0 unspecified atom stereocenters. The molecule has 7 heteroatoms. The monoisotopic (exact) mass is 406 g/mol. The Bertz CT molecular complexity index is 473. The number of unbranched alkanes of at least 4 members (excludes halogenated alkanes) is 11. The van der Waals surface area contributed by atoms with Crippen LogP contribution in [0, 0.1) is 0 Å². The summed E-state index contributed by atoms with van der Waals surface area (Å²) in [6, 6.07) is 0. The molecular formula is C20H38O6S. The molecule has 0 aromatic rings. The summed E-state index contributed by atoms with van der Waals surface area (Å²) in [4.78, 5) is 11.4. The van der Waals surface area contributed by atoms with Crippen molar-refractivity contribution in [3.8, 4) is 0 Å². The Hall–Kier alpha value is -0.920. The van der Waals surface area contributed by atoms with Crippen LogP contribution in [0.4, 0.5) is 0 Å². The van der Waals surface area contributed by atoms with E-state index in [0.717, 1.165) is 32.1 Å². The molecule has 0 bridgehead atoms. The maximum Gasteiger partial charge on any atom is 0.451 e. The van der Waals surface area contributed by atoms with E-state index in [4.69, 9.17) is 5.11 Å². The molecule has 0 amide bonds. The zero-order valence-electron chi connectivity index (χ0n) is 16.9. The summed E-state index contributed by atoms with van der Waals surface area (Å²) in [7, 11) is -4.33. The first-order valence-corrected chi connectivity index (χ1v) is 11.7. The number of carbonyl (C=O) groups is 1. The molecule has 0 radical (unpaired) electrons. The Kier molecular flexibility index (Phi) is 17.8. The third kappa shape index (κ3) is 19.6. The van der Waals surface area contributed by atoms with Crippen LogP contribution in [-0.4, -0.2) is 32.7 Å². The van der Waals surface area contributed by atoms with Gasteiger partial charge in [0.05, 0.1) is 13.2 Å². The van der Waals surface area contributed by atoms with Crippen LogP contribution in [0.2, 0.25) is 0 Å². The van der Waals surface area contributed by atoms with Gasteiger partial charge in [0.25, 0.3) is 0 Å². The molecule has 0 saturated heterocycles. The summed E-state index contributed by atoms with van der Waals surface area (Å²) < 4.78 is 30.9. The number of rotatable bonds is 19. The topological polar surface area (TPSA) is 89.9 Å². The number of allylic oxidation sites excluding steroid dienone is 2. The standard InChI is InChI=1S/C20H38O6S/c1-2-3-4-5-6-7-8-9-10-11-12-13-14-15-16-17-20(22)26-27(23,24)25-19-18-21/h9-10,21H,2-8,11-19H2,1H3/b10-9-. The number of hydrogen-bond donors (Lipinski definition) is 1. The van der Waals surface area contributed by atoms with E-state index in [0.29, 0.717) is 6.42 Å². The predicted molar refractivity (Wildman–Crippen MR) is 108 cm³/mol.